The standard InChI is InChI=1S/C38H65N9O14S2/c1-24(39-6)7-9-31(51)43-29(37(60)40-15-26(3)48)22-62-63-23-30(38(61)41-16-27(4)49)44-32(52)10-8-25(2)42-33(53)18-47(21-36(58)59)14-12-45(19-34(54)55)11-13-46(17-28(5)50)20-35(56)57/h24-25,29-30,39H,7-23H2,1-6H3,(H,40,60)(H,41,61)(H,42,53)(H,43,51)(H,44,52)(H,54,55)(H,56,57)(H,58,59). The lowest BCUT2D eigenvalue weighted by atomic mass is 10.1. The van der Waals surface area contributed by atoms with Gasteiger partial charge in [0.2, 0.25) is 29.5 Å². The van der Waals surface area contributed by atoms with Gasteiger partial charge in [-0.15, -0.1) is 0 Å². The van der Waals surface area contributed by atoms with Crippen molar-refractivity contribution < 1.29 is 68.1 Å². The van der Waals surface area contributed by atoms with Crippen molar-refractivity contribution in [1.29, 1.82) is 0 Å². The first-order valence-electron chi connectivity index (χ1n) is 20.2. The lowest BCUT2D eigenvalue weighted by Crippen LogP contribution is -2.50. The number of Topliss-reactive ketones (excluding diaryl/α,β-unsaturated/α-hetero) is 3. The van der Waals surface area contributed by atoms with Crippen LogP contribution < -0.4 is 31.9 Å². The molecular formula is C38H65N9O14S2. The summed E-state index contributed by atoms with van der Waals surface area (Å²) in [5, 5.41) is 44.0. The summed E-state index contributed by atoms with van der Waals surface area (Å²) in [6, 6.07) is -2.67. The van der Waals surface area contributed by atoms with E-state index >= 15 is 0 Å². The van der Waals surface area contributed by atoms with Crippen molar-refractivity contribution in [2.45, 2.75) is 84.5 Å². The second-order valence-corrected chi connectivity index (χ2v) is 17.5. The van der Waals surface area contributed by atoms with Gasteiger partial charge < -0.3 is 47.2 Å². The Morgan fingerprint density at radius 3 is 1.25 bits per heavy atom. The maximum Gasteiger partial charge on any atom is 0.317 e. The molecule has 4 unspecified atom stereocenters. The molecule has 5 amide bonds. The third-order valence-electron chi connectivity index (χ3n) is 8.74. The fraction of sp³-hybridized carbons (Fsp3) is 0.711. The minimum Gasteiger partial charge on any atom is -0.480 e. The van der Waals surface area contributed by atoms with Crippen molar-refractivity contribution in [3.05, 3.63) is 0 Å². The van der Waals surface area contributed by atoms with Crippen molar-refractivity contribution in [2.24, 2.45) is 0 Å². The van der Waals surface area contributed by atoms with Crippen LogP contribution in [0.5, 0.6) is 0 Å². The molecular weight excluding hydrogens is 871 g/mol. The summed E-state index contributed by atoms with van der Waals surface area (Å²) in [4.78, 5) is 137. The van der Waals surface area contributed by atoms with E-state index in [0.717, 1.165) is 21.6 Å². The van der Waals surface area contributed by atoms with E-state index in [2.05, 4.69) is 31.9 Å². The highest BCUT2D eigenvalue weighted by atomic mass is 33.1. The quantitative estimate of drug-likeness (QED) is 0.0224. The smallest absolute Gasteiger partial charge is 0.317 e. The Morgan fingerprint density at radius 2 is 0.873 bits per heavy atom. The van der Waals surface area contributed by atoms with E-state index in [1.165, 1.54) is 35.5 Å². The highest BCUT2D eigenvalue weighted by molar-refractivity contribution is 8.76. The molecule has 0 saturated carbocycles. The normalized spacial score (nSPS) is 13.0. The van der Waals surface area contributed by atoms with E-state index in [4.69, 9.17) is 5.11 Å². The number of hydrogen-bond donors (Lipinski definition) is 9. The SMILES string of the molecule is CNC(C)CCC(=O)NC(CSSCC(NC(=O)CCC(C)NC(=O)CN(CCN(CCN(CC(C)=O)CC(=O)O)CC(=O)O)CC(=O)O)C(=O)NCC(C)=O)C(=O)NCC(C)=O. The van der Waals surface area contributed by atoms with Crippen LogP contribution in [0.3, 0.4) is 0 Å². The maximum absolute atomic E-state index is 13.0. The number of carbonyl (C=O) groups is 11. The fourth-order valence-corrected chi connectivity index (χ4v) is 7.72. The summed E-state index contributed by atoms with van der Waals surface area (Å²) >= 11 is 0. The highest BCUT2D eigenvalue weighted by Crippen LogP contribution is 2.23. The number of carbonyl (C=O) groups excluding carboxylic acids is 8. The van der Waals surface area contributed by atoms with Crippen molar-refractivity contribution in [1.82, 2.24) is 46.6 Å². The van der Waals surface area contributed by atoms with Gasteiger partial charge in [0.1, 0.15) is 29.4 Å². The topological polar surface area (TPSA) is 330 Å². The molecule has 0 aromatic rings. The summed E-state index contributed by atoms with van der Waals surface area (Å²) in [6.45, 7) is 4.81. The second-order valence-electron chi connectivity index (χ2n) is 15.0. The van der Waals surface area contributed by atoms with Gasteiger partial charge in [0.05, 0.1) is 45.8 Å². The van der Waals surface area contributed by atoms with Gasteiger partial charge in [0.25, 0.3) is 0 Å². The number of nitrogens with one attached hydrogen (secondary N) is 6. The van der Waals surface area contributed by atoms with Gasteiger partial charge in [-0.25, -0.2) is 0 Å². The first kappa shape index (κ1) is 58.3. The summed E-state index contributed by atoms with van der Waals surface area (Å²) < 4.78 is 0. The number of aliphatic carboxylic acids is 3. The third-order valence-corrected chi connectivity index (χ3v) is 11.2. The van der Waals surface area contributed by atoms with Crippen LogP contribution in [-0.2, 0) is 52.7 Å². The molecule has 0 spiro atoms. The molecule has 63 heavy (non-hydrogen) atoms. The third kappa shape index (κ3) is 31.7. The van der Waals surface area contributed by atoms with Crippen LogP contribution in [0, 0.1) is 0 Å². The van der Waals surface area contributed by atoms with Crippen LogP contribution in [0.25, 0.3) is 0 Å². The van der Waals surface area contributed by atoms with Crippen molar-refractivity contribution in [2.75, 3.05) is 90.5 Å². The van der Waals surface area contributed by atoms with E-state index in [0.29, 0.717) is 6.42 Å². The Labute approximate surface area is 375 Å². The molecule has 0 heterocycles. The van der Waals surface area contributed by atoms with E-state index < -0.39 is 85.8 Å². The molecule has 0 aliphatic carbocycles. The first-order valence-corrected chi connectivity index (χ1v) is 22.7. The predicted octanol–water partition coefficient (Wildman–Crippen LogP) is -2.83. The number of amides is 5. The molecule has 0 aromatic carbocycles. The van der Waals surface area contributed by atoms with Crippen LogP contribution in [0.1, 0.15) is 60.3 Å². The lowest BCUT2D eigenvalue weighted by Gasteiger charge is -2.28. The van der Waals surface area contributed by atoms with Gasteiger partial charge in [-0.3, -0.25) is 67.4 Å². The van der Waals surface area contributed by atoms with Crippen LogP contribution >= 0.6 is 21.6 Å². The minimum atomic E-state index is -1.25. The molecule has 0 saturated heterocycles. The van der Waals surface area contributed by atoms with Gasteiger partial charge in [-0.2, -0.15) is 0 Å². The van der Waals surface area contributed by atoms with Gasteiger partial charge in [0, 0.05) is 62.6 Å². The van der Waals surface area contributed by atoms with E-state index in [1.807, 2.05) is 6.92 Å². The Hall–Kier alpha value is -4.69. The van der Waals surface area contributed by atoms with Crippen LogP contribution in [-0.4, -0.2) is 210 Å². The number of ketones is 3. The predicted molar refractivity (Wildman–Crippen MR) is 234 cm³/mol. The van der Waals surface area contributed by atoms with Gasteiger partial charge in [-0.05, 0) is 54.5 Å². The molecule has 0 fully saturated rings. The number of carboxylic acid groups (broad SMARTS) is 3. The van der Waals surface area contributed by atoms with E-state index in [9.17, 15) is 63.0 Å². The van der Waals surface area contributed by atoms with Gasteiger partial charge in [0.15, 0.2) is 0 Å². The zero-order chi connectivity index (χ0) is 48.1. The molecule has 0 bridgehead atoms. The maximum atomic E-state index is 13.0. The highest BCUT2D eigenvalue weighted by Gasteiger charge is 2.25. The van der Waals surface area contributed by atoms with E-state index in [-0.39, 0.29) is 106 Å². The number of hydrogen-bond acceptors (Lipinski definition) is 17. The molecule has 0 radical (unpaired) electrons. The zero-order valence-electron chi connectivity index (χ0n) is 36.8. The first-order chi connectivity index (χ1) is 29.5. The average molecular weight is 936 g/mol. The van der Waals surface area contributed by atoms with Crippen LogP contribution in [0.2, 0.25) is 0 Å². The molecule has 4 atom stereocenters. The number of nitrogens with zero attached hydrogens (tertiary/aromatic N) is 3. The molecule has 0 aliphatic heterocycles. The van der Waals surface area contributed by atoms with Crippen LogP contribution in [0.15, 0.2) is 0 Å². The van der Waals surface area contributed by atoms with Crippen molar-refractivity contribution >= 4 is 86.4 Å². The van der Waals surface area contributed by atoms with Crippen molar-refractivity contribution in [3.8, 4) is 0 Å². The Kier molecular flexibility index (Phi) is 30.5. The Morgan fingerprint density at radius 1 is 0.492 bits per heavy atom. The van der Waals surface area contributed by atoms with Crippen molar-refractivity contribution in [3.63, 3.8) is 0 Å². The molecule has 9 N–H and O–H groups in total. The molecule has 358 valence electrons. The summed E-state index contributed by atoms with van der Waals surface area (Å²) in [7, 11) is 4.01. The monoisotopic (exact) mass is 935 g/mol. The largest absolute Gasteiger partial charge is 0.480 e. The Balaban J connectivity index is 5.46. The minimum absolute atomic E-state index is 0.00820. The van der Waals surface area contributed by atoms with Gasteiger partial charge >= 0.3 is 17.9 Å². The molecule has 23 nitrogen and oxygen atoms in total. The van der Waals surface area contributed by atoms with Crippen LogP contribution in [0.4, 0.5) is 0 Å². The average Bonchev–Trinajstić information content (AvgIpc) is 3.17. The second kappa shape index (κ2) is 32.9. The van der Waals surface area contributed by atoms with E-state index in [1.54, 1.807) is 14.0 Å². The number of carboxylic acids is 3. The molecule has 25 heteroatoms. The summed E-state index contributed by atoms with van der Waals surface area (Å²) in [5.41, 5.74) is 0. The fourth-order valence-electron chi connectivity index (χ4n) is 5.39. The molecule has 0 aliphatic rings. The molecule has 0 aromatic heterocycles. The summed E-state index contributed by atoms with van der Waals surface area (Å²) in [6.07, 6.45) is 0.606. The lowest BCUT2D eigenvalue weighted by molar-refractivity contribution is -0.141. The Bertz CT molecular complexity index is 1560. The zero-order valence-corrected chi connectivity index (χ0v) is 38.5. The molecule has 0 rings (SSSR count). The van der Waals surface area contributed by atoms with Gasteiger partial charge in [-0.1, -0.05) is 21.6 Å². The number of rotatable bonds is 37. The summed E-state index contributed by atoms with van der Waals surface area (Å²) in [5.74, 6) is -7.23.